The second kappa shape index (κ2) is 4.91. The molecule has 15 heavy (non-hydrogen) atoms. The van der Waals surface area contributed by atoms with E-state index in [1.807, 2.05) is 0 Å². The first-order valence-electron chi connectivity index (χ1n) is 4.59. The van der Waals surface area contributed by atoms with Crippen LogP contribution in [0.25, 0.3) is 0 Å². The van der Waals surface area contributed by atoms with Crippen molar-refractivity contribution < 1.29 is 19.1 Å². The number of amides is 1. The van der Waals surface area contributed by atoms with Gasteiger partial charge in [0.05, 0.1) is 7.11 Å². The third-order valence-corrected chi connectivity index (χ3v) is 1.80. The van der Waals surface area contributed by atoms with Gasteiger partial charge < -0.3 is 10.1 Å². The number of hydrogen-bond acceptors (Lipinski definition) is 4. The summed E-state index contributed by atoms with van der Waals surface area (Å²) in [7, 11) is 1.17. The average molecular weight is 215 g/mol. The van der Waals surface area contributed by atoms with E-state index in [9.17, 15) is 14.4 Å². The molecule has 0 fully saturated rings. The molecule has 0 saturated carbocycles. The summed E-state index contributed by atoms with van der Waals surface area (Å²) in [4.78, 5) is 33.8. The van der Waals surface area contributed by atoms with E-state index >= 15 is 0 Å². The van der Waals surface area contributed by atoms with Gasteiger partial charge in [-0.2, -0.15) is 0 Å². The summed E-state index contributed by atoms with van der Waals surface area (Å²) in [5.41, 5.74) is -0.651. The molecule has 0 radical (unpaired) electrons. The molecule has 0 aromatic heterocycles. The Bertz CT molecular complexity index is 278. The quantitative estimate of drug-likeness (QED) is 0.542. The maximum atomic E-state index is 11.5. The molecule has 0 aliphatic rings. The fraction of sp³-hybridized carbons (Fsp3) is 0.700. The average Bonchev–Trinajstić information content (AvgIpc) is 2.10. The Labute approximate surface area is 89.2 Å². The van der Waals surface area contributed by atoms with E-state index in [1.165, 1.54) is 14.0 Å². The summed E-state index contributed by atoms with van der Waals surface area (Å²) >= 11 is 0. The smallest absolute Gasteiger partial charge is 0.336 e. The standard InChI is InChI=1S/C10H17NO4/c1-6(12)7(8(13)15-5)11-9(14)10(2,3)4/h7H,1-5H3,(H,11,14)/t7-/m0/s1. The molecule has 1 atom stereocenters. The summed E-state index contributed by atoms with van der Waals surface area (Å²) in [6.07, 6.45) is 0. The molecule has 0 aromatic rings. The molecule has 0 heterocycles. The van der Waals surface area contributed by atoms with Gasteiger partial charge >= 0.3 is 5.97 Å². The molecule has 1 N–H and O–H groups in total. The van der Waals surface area contributed by atoms with Gasteiger partial charge in [0.1, 0.15) is 0 Å². The zero-order chi connectivity index (χ0) is 12.2. The van der Waals surface area contributed by atoms with Crippen molar-refractivity contribution in [2.24, 2.45) is 5.41 Å². The van der Waals surface area contributed by atoms with Crippen LogP contribution in [0, 0.1) is 5.41 Å². The molecule has 5 nitrogen and oxygen atoms in total. The minimum Gasteiger partial charge on any atom is -0.467 e. The van der Waals surface area contributed by atoms with Crippen LogP contribution in [0.4, 0.5) is 0 Å². The fourth-order valence-electron chi connectivity index (χ4n) is 0.792. The summed E-state index contributed by atoms with van der Waals surface area (Å²) in [5, 5.41) is 2.34. The van der Waals surface area contributed by atoms with Crippen LogP contribution in [-0.4, -0.2) is 30.8 Å². The van der Waals surface area contributed by atoms with Gasteiger partial charge in [0.15, 0.2) is 11.8 Å². The van der Waals surface area contributed by atoms with E-state index in [-0.39, 0.29) is 5.91 Å². The minimum atomic E-state index is -1.21. The first-order valence-corrected chi connectivity index (χ1v) is 4.59. The Morgan fingerprint density at radius 1 is 1.20 bits per heavy atom. The lowest BCUT2D eigenvalue weighted by Gasteiger charge is -2.21. The van der Waals surface area contributed by atoms with E-state index in [4.69, 9.17) is 0 Å². The molecule has 0 aromatic carbocycles. The number of hydrogen-bond donors (Lipinski definition) is 1. The van der Waals surface area contributed by atoms with Crippen molar-refractivity contribution in [3.8, 4) is 0 Å². The number of nitrogens with one attached hydrogen (secondary N) is 1. The first kappa shape index (κ1) is 13.6. The predicted molar refractivity (Wildman–Crippen MR) is 54.1 cm³/mol. The highest BCUT2D eigenvalue weighted by molar-refractivity contribution is 6.05. The molecule has 0 bridgehead atoms. The van der Waals surface area contributed by atoms with Gasteiger partial charge in [-0.1, -0.05) is 20.8 Å². The van der Waals surface area contributed by atoms with Gasteiger partial charge in [0.25, 0.3) is 0 Å². The van der Waals surface area contributed by atoms with Crippen molar-refractivity contribution >= 4 is 17.7 Å². The number of ketones is 1. The number of carbonyl (C=O) groups excluding carboxylic acids is 3. The summed E-state index contributed by atoms with van der Waals surface area (Å²) in [6.45, 7) is 6.30. The third kappa shape index (κ3) is 4.10. The van der Waals surface area contributed by atoms with Crippen molar-refractivity contribution in [1.29, 1.82) is 0 Å². The predicted octanol–water partition coefficient (Wildman–Crippen LogP) is 0.279. The number of ether oxygens (including phenoxy) is 1. The minimum absolute atomic E-state index is 0.367. The molecule has 0 aliphatic heterocycles. The van der Waals surface area contributed by atoms with Crippen LogP contribution in [0.15, 0.2) is 0 Å². The van der Waals surface area contributed by atoms with Gasteiger partial charge in [0.2, 0.25) is 5.91 Å². The van der Waals surface area contributed by atoms with Crippen LogP contribution in [0.1, 0.15) is 27.7 Å². The van der Waals surface area contributed by atoms with Gasteiger partial charge in [-0.05, 0) is 6.92 Å². The summed E-state index contributed by atoms with van der Waals surface area (Å²) in [6, 6.07) is -1.21. The largest absolute Gasteiger partial charge is 0.467 e. The zero-order valence-electron chi connectivity index (χ0n) is 9.71. The van der Waals surface area contributed by atoms with Crippen LogP contribution in [-0.2, 0) is 19.1 Å². The Morgan fingerprint density at radius 3 is 1.93 bits per heavy atom. The molecular formula is C10H17NO4. The van der Waals surface area contributed by atoms with Gasteiger partial charge in [-0.25, -0.2) is 4.79 Å². The highest BCUT2D eigenvalue weighted by Gasteiger charge is 2.30. The molecule has 0 spiro atoms. The lowest BCUT2D eigenvalue weighted by molar-refractivity contribution is -0.149. The molecule has 0 saturated heterocycles. The number of carbonyl (C=O) groups is 3. The van der Waals surface area contributed by atoms with E-state index in [0.717, 1.165) is 0 Å². The van der Waals surface area contributed by atoms with E-state index in [1.54, 1.807) is 20.8 Å². The van der Waals surface area contributed by atoms with Crippen molar-refractivity contribution in [3.63, 3.8) is 0 Å². The number of Topliss-reactive ketones (excluding diaryl/α,β-unsaturated/α-hetero) is 1. The lowest BCUT2D eigenvalue weighted by Crippen LogP contribution is -2.49. The Hall–Kier alpha value is -1.39. The van der Waals surface area contributed by atoms with E-state index in [0.29, 0.717) is 0 Å². The highest BCUT2D eigenvalue weighted by atomic mass is 16.5. The lowest BCUT2D eigenvalue weighted by atomic mass is 9.95. The van der Waals surface area contributed by atoms with Gasteiger partial charge in [-0.3, -0.25) is 9.59 Å². The van der Waals surface area contributed by atoms with E-state index < -0.39 is 23.2 Å². The van der Waals surface area contributed by atoms with Crippen LogP contribution < -0.4 is 5.32 Å². The Kier molecular flexibility index (Phi) is 4.45. The molecule has 0 rings (SSSR count). The third-order valence-electron chi connectivity index (χ3n) is 1.80. The highest BCUT2D eigenvalue weighted by Crippen LogP contribution is 2.13. The van der Waals surface area contributed by atoms with Crippen LogP contribution in [0.3, 0.4) is 0 Å². The fourth-order valence-corrected chi connectivity index (χ4v) is 0.792. The maximum Gasteiger partial charge on any atom is 0.336 e. The van der Waals surface area contributed by atoms with Gasteiger partial charge in [-0.15, -0.1) is 0 Å². The second-order valence-corrected chi connectivity index (χ2v) is 4.29. The topological polar surface area (TPSA) is 72.5 Å². The van der Waals surface area contributed by atoms with Crippen molar-refractivity contribution in [2.75, 3.05) is 7.11 Å². The summed E-state index contributed by atoms with van der Waals surface area (Å²) in [5.74, 6) is -1.56. The molecule has 1 amide bonds. The monoisotopic (exact) mass is 215 g/mol. The summed E-state index contributed by atoms with van der Waals surface area (Å²) < 4.78 is 4.41. The van der Waals surface area contributed by atoms with Crippen molar-refractivity contribution in [2.45, 2.75) is 33.7 Å². The number of methoxy groups -OCH3 is 1. The SMILES string of the molecule is COC(=O)[C@@H](NC(=O)C(C)(C)C)C(C)=O. The Morgan fingerprint density at radius 2 is 1.67 bits per heavy atom. The van der Waals surface area contributed by atoms with Crippen LogP contribution in [0.2, 0.25) is 0 Å². The normalized spacial score (nSPS) is 12.9. The molecular weight excluding hydrogens is 198 g/mol. The second-order valence-electron chi connectivity index (χ2n) is 4.29. The van der Waals surface area contributed by atoms with Gasteiger partial charge in [0, 0.05) is 5.41 Å². The molecule has 86 valence electrons. The van der Waals surface area contributed by atoms with Crippen LogP contribution in [0.5, 0.6) is 0 Å². The van der Waals surface area contributed by atoms with E-state index in [2.05, 4.69) is 10.1 Å². The van der Waals surface area contributed by atoms with Crippen LogP contribution >= 0.6 is 0 Å². The maximum absolute atomic E-state index is 11.5. The first-order chi connectivity index (χ1) is 6.70. The Balaban J connectivity index is 4.65. The van der Waals surface area contributed by atoms with Crippen molar-refractivity contribution in [1.82, 2.24) is 5.32 Å². The van der Waals surface area contributed by atoms with Crippen molar-refractivity contribution in [3.05, 3.63) is 0 Å². The number of rotatable bonds is 3. The number of esters is 1. The molecule has 0 aliphatic carbocycles. The zero-order valence-corrected chi connectivity index (χ0v) is 9.71. The molecule has 5 heteroatoms. The molecule has 0 unspecified atom stereocenters.